The van der Waals surface area contributed by atoms with E-state index in [0.29, 0.717) is 17.9 Å². The first-order valence-electron chi connectivity index (χ1n) is 16.2. The van der Waals surface area contributed by atoms with E-state index in [2.05, 4.69) is 59.9 Å². The van der Waals surface area contributed by atoms with Gasteiger partial charge < -0.3 is 25.0 Å². The van der Waals surface area contributed by atoms with Gasteiger partial charge in [-0.25, -0.2) is 0 Å². The third-order valence-corrected chi connectivity index (χ3v) is 8.01. The molecule has 0 heterocycles. The van der Waals surface area contributed by atoms with Crippen molar-refractivity contribution in [2.45, 2.75) is 83.6 Å². The lowest BCUT2D eigenvalue weighted by atomic mass is 9.97. The Kier molecular flexibility index (Phi) is 14.3. The van der Waals surface area contributed by atoms with Crippen LogP contribution in [0.15, 0.2) is 103 Å². The second-order valence-electron chi connectivity index (χ2n) is 11.6. The van der Waals surface area contributed by atoms with Crippen LogP contribution in [0.25, 0.3) is 0 Å². The molecule has 0 fully saturated rings. The highest BCUT2D eigenvalue weighted by molar-refractivity contribution is 5.64. The van der Waals surface area contributed by atoms with E-state index in [4.69, 9.17) is 9.47 Å². The van der Waals surface area contributed by atoms with Crippen molar-refractivity contribution in [2.75, 3.05) is 18.5 Å². The fraction of sp³-hybridized carbons (Fsp3) is 0.385. The lowest BCUT2D eigenvalue weighted by Crippen LogP contribution is -2.24. The van der Waals surface area contributed by atoms with Gasteiger partial charge in [0.1, 0.15) is 12.4 Å². The van der Waals surface area contributed by atoms with Gasteiger partial charge in [0.25, 0.3) is 0 Å². The minimum absolute atomic E-state index is 0.128. The molecule has 4 aromatic rings. The summed E-state index contributed by atoms with van der Waals surface area (Å²) < 4.78 is 12.1. The second kappa shape index (κ2) is 18.9. The predicted molar refractivity (Wildman–Crippen MR) is 180 cm³/mol. The van der Waals surface area contributed by atoms with Crippen LogP contribution >= 0.6 is 0 Å². The lowest BCUT2D eigenvalue weighted by molar-refractivity contribution is 0.126. The number of aliphatic hydroxyl groups excluding tert-OH is 2. The minimum Gasteiger partial charge on any atom is -0.488 e. The Morgan fingerprint density at radius 1 is 0.682 bits per heavy atom. The van der Waals surface area contributed by atoms with Crippen molar-refractivity contribution in [1.82, 2.24) is 0 Å². The maximum atomic E-state index is 10.7. The molecule has 4 rings (SSSR count). The summed E-state index contributed by atoms with van der Waals surface area (Å²) in [5.74, 6) is 0.627. The summed E-state index contributed by atoms with van der Waals surface area (Å²) in [5.41, 5.74) is 5.92. The van der Waals surface area contributed by atoms with Gasteiger partial charge in [0.05, 0.1) is 12.7 Å². The minimum atomic E-state index is -0.687. The van der Waals surface area contributed by atoms with Gasteiger partial charge in [0.15, 0.2) is 0 Å². The number of rotatable bonds is 20. The molecule has 0 spiro atoms. The van der Waals surface area contributed by atoms with Crippen molar-refractivity contribution in [3.8, 4) is 5.75 Å². The number of hydrogen-bond acceptors (Lipinski definition) is 5. The van der Waals surface area contributed by atoms with E-state index in [1.54, 1.807) is 6.92 Å². The summed E-state index contributed by atoms with van der Waals surface area (Å²) in [5, 5.41) is 24.9. The first-order chi connectivity index (χ1) is 21.6. The van der Waals surface area contributed by atoms with Crippen LogP contribution in [0.4, 0.5) is 5.69 Å². The molecular formula is C39H49NO4. The Hall–Kier alpha value is -3.64. The second-order valence-corrected chi connectivity index (χ2v) is 11.6. The highest BCUT2D eigenvalue weighted by atomic mass is 16.5. The fourth-order valence-electron chi connectivity index (χ4n) is 5.57. The summed E-state index contributed by atoms with van der Waals surface area (Å²) >= 11 is 0. The van der Waals surface area contributed by atoms with Crippen LogP contribution in [0.3, 0.4) is 0 Å². The largest absolute Gasteiger partial charge is 0.488 e. The number of unbranched alkanes of at least 4 members (excludes halogenated alkanes) is 3. The Bertz CT molecular complexity index is 1330. The summed E-state index contributed by atoms with van der Waals surface area (Å²) in [4.78, 5) is 0. The molecule has 0 aliphatic heterocycles. The van der Waals surface area contributed by atoms with Gasteiger partial charge in [-0.05, 0) is 68.2 Å². The molecule has 0 bridgehead atoms. The third kappa shape index (κ3) is 11.1. The monoisotopic (exact) mass is 595 g/mol. The number of hydrogen-bond donors (Lipinski definition) is 3. The van der Waals surface area contributed by atoms with Crippen molar-refractivity contribution in [1.29, 1.82) is 0 Å². The van der Waals surface area contributed by atoms with E-state index in [1.165, 1.54) is 11.1 Å². The number of ether oxygens (including phenoxy) is 2. The first kappa shape index (κ1) is 33.3. The molecule has 3 N–H and O–H groups in total. The Balaban J connectivity index is 1.33. The van der Waals surface area contributed by atoms with Gasteiger partial charge in [-0.2, -0.15) is 0 Å². The standard InChI is InChI=1S/C39H49NO4/c1-31(42)36-24-25-38(44-30-34-21-10-4-11-22-34)37(29-41)39(36)40-35(28-33-19-8-3-9-20-33)23-12-5-14-26-43-27-15-13-18-32-16-6-2-7-17-32/h2-4,6-11,16-17,19-22,24-25,31,35,40-42H,5,12-15,18,23,26-30H2,1H3. The number of anilines is 1. The molecule has 2 unspecified atom stereocenters. The van der Waals surface area contributed by atoms with Crippen molar-refractivity contribution < 1.29 is 19.7 Å². The summed E-state index contributed by atoms with van der Waals surface area (Å²) in [7, 11) is 0. The zero-order chi connectivity index (χ0) is 30.8. The molecule has 0 saturated carbocycles. The van der Waals surface area contributed by atoms with Gasteiger partial charge in [0.2, 0.25) is 0 Å². The fourth-order valence-corrected chi connectivity index (χ4v) is 5.57. The van der Waals surface area contributed by atoms with Crippen LogP contribution < -0.4 is 10.1 Å². The molecule has 2 atom stereocenters. The van der Waals surface area contributed by atoms with Crippen LogP contribution in [0.1, 0.15) is 79.4 Å². The maximum Gasteiger partial charge on any atom is 0.127 e. The zero-order valence-corrected chi connectivity index (χ0v) is 26.2. The quantitative estimate of drug-likeness (QED) is 0.0895. The van der Waals surface area contributed by atoms with E-state index < -0.39 is 6.10 Å². The molecule has 0 aromatic heterocycles. The molecule has 234 valence electrons. The van der Waals surface area contributed by atoms with Crippen molar-refractivity contribution in [3.05, 3.63) is 131 Å². The van der Waals surface area contributed by atoms with Gasteiger partial charge in [-0.3, -0.25) is 0 Å². The van der Waals surface area contributed by atoms with Crippen molar-refractivity contribution in [3.63, 3.8) is 0 Å². The van der Waals surface area contributed by atoms with Crippen LogP contribution in [-0.2, 0) is 30.8 Å². The Morgan fingerprint density at radius 2 is 1.30 bits per heavy atom. The number of aryl methyl sites for hydroxylation is 1. The van der Waals surface area contributed by atoms with E-state index in [-0.39, 0.29) is 12.6 Å². The molecule has 5 nitrogen and oxygen atoms in total. The van der Waals surface area contributed by atoms with Crippen LogP contribution in [0.5, 0.6) is 5.75 Å². The molecule has 0 radical (unpaired) electrons. The first-order valence-corrected chi connectivity index (χ1v) is 16.2. The van der Waals surface area contributed by atoms with Crippen molar-refractivity contribution >= 4 is 5.69 Å². The molecule has 0 aliphatic rings. The van der Waals surface area contributed by atoms with Crippen LogP contribution in [-0.4, -0.2) is 29.5 Å². The van der Waals surface area contributed by atoms with E-state index in [9.17, 15) is 10.2 Å². The SMILES string of the molecule is CC(O)c1ccc(OCc2ccccc2)c(CO)c1NC(CCCCCOCCCCc1ccccc1)Cc1ccccc1. The van der Waals surface area contributed by atoms with Crippen LogP contribution in [0, 0.1) is 0 Å². The average molecular weight is 596 g/mol. The van der Waals surface area contributed by atoms with Gasteiger partial charge in [0, 0.05) is 36.1 Å². The summed E-state index contributed by atoms with van der Waals surface area (Å²) in [6.07, 6.45) is 7.66. The molecule has 0 saturated heterocycles. The lowest BCUT2D eigenvalue weighted by Gasteiger charge is -2.26. The average Bonchev–Trinajstić information content (AvgIpc) is 3.05. The molecule has 0 amide bonds. The highest BCUT2D eigenvalue weighted by Gasteiger charge is 2.20. The zero-order valence-electron chi connectivity index (χ0n) is 26.2. The van der Waals surface area contributed by atoms with E-state index in [0.717, 1.165) is 81.4 Å². The topological polar surface area (TPSA) is 71.0 Å². The van der Waals surface area contributed by atoms with Gasteiger partial charge in [-0.15, -0.1) is 0 Å². The highest BCUT2D eigenvalue weighted by Crippen LogP contribution is 2.35. The summed E-state index contributed by atoms with van der Waals surface area (Å²) in [6, 6.07) is 35.0. The molecule has 44 heavy (non-hydrogen) atoms. The van der Waals surface area contributed by atoms with Gasteiger partial charge >= 0.3 is 0 Å². The normalized spacial score (nSPS) is 12.5. The van der Waals surface area contributed by atoms with E-state index >= 15 is 0 Å². The third-order valence-electron chi connectivity index (χ3n) is 8.01. The molecule has 5 heteroatoms. The smallest absolute Gasteiger partial charge is 0.127 e. The molecule has 4 aromatic carbocycles. The molecular weight excluding hydrogens is 546 g/mol. The predicted octanol–water partition coefficient (Wildman–Crippen LogP) is 8.43. The Morgan fingerprint density at radius 3 is 1.93 bits per heavy atom. The Labute approximate surface area is 263 Å². The van der Waals surface area contributed by atoms with E-state index in [1.807, 2.05) is 48.5 Å². The maximum absolute atomic E-state index is 10.7. The summed E-state index contributed by atoms with van der Waals surface area (Å²) in [6.45, 7) is 3.60. The van der Waals surface area contributed by atoms with Gasteiger partial charge in [-0.1, -0.05) is 110 Å². The number of benzene rings is 4. The molecule has 0 aliphatic carbocycles. The number of aliphatic hydroxyl groups is 2. The van der Waals surface area contributed by atoms with Crippen LogP contribution in [0.2, 0.25) is 0 Å². The number of nitrogens with one attached hydrogen (secondary N) is 1. The van der Waals surface area contributed by atoms with Crippen molar-refractivity contribution in [2.24, 2.45) is 0 Å².